The molecule has 0 N–H and O–H groups in total. The number of rotatable bonds is 7. The van der Waals surface area contributed by atoms with Crippen LogP contribution < -0.4 is 0 Å². The van der Waals surface area contributed by atoms with Gasteiger partial charge in [0.05, 0.1) is 11.5 Å². The second-order valence-corrected chi connectivity index (χ2v) is 4.55. The number of non-ortho nitro benzene ring substituents is 1. The zero-order valence-electron chi connectivity index (χ0n) is 11.6. The summed E-state index contributed by atoms with van der Waals surface area (Å²) in [5.74, 6) is -0.00273. The highest BCUT2D eigenvalue weighted by Crippen LogP contribution is 2.13. The van der Waals surface area contributed by atoms with Crippen LogP contribution in [0.4, 0.5) is 5.69 Å². The topological polar surface area (TPSA) is 63.5 Å². The summed E-state index contributed by atoms with van der Waals surface area (Å²) < 4.78 is 0. The van der Waals surface area contributed by atoms with Crippen molar-refractivity contribution in [1.29, 1.82) is 0 Å². The average Bonchev–Trinajstić information content (AvgIpc) is 2.43. The Hall–Kier alpha value is -1.75. The lowest BCUT2D eigenvalue weighted by molar-refractivity contribution is -0.384. The number of carbonyl (C=O) groups excluding carboxylic acids is 1. The molecule has 0 aliphatic heterocycles. The van der Waals surface area contributed by atoms with Gasteiger partial charge >= 0.3 is 0 Å². The molecule has 0 saturated carbocycles. The van der Waals surface area contributed by atoms with Crippen molar-refractivity contribution in [1.82, 2.24) is 4.90 Å². The highest BCUT2D eigenvalue weighted by Gasteiger charge is 2.16. The molecular weight excluding hydrogens is 244 g/mol. The maximum absolute atomic E-state index is 12.1. The van der Waals surface area contributed by atoms with Gasteiger partial charge in [-0.15, -0.1) is 0 Å². The molecule has 1 aromatic carbocycles. The molecule has 5 heteroatoms. The van der Waals surface area contributed by atoms with Crippen LogP contribution in [0.1, 0.15) is 37.6 Å². The van der Waals surface area contributed by atoms with Crippen LogP contribution in [0.5, 0.6) is 0 Å². The predicted molar refractivity (Wildman–Crippen MR) is 74.4 cm³/mol. The predicted octanol–water partition coefficient (Wildman–Crippen LogP) is 2.90. The molecule has 1 rings (SSSR count). The maximum Gasteiger partial charge on any atom is 0.269 e. The summed E-state index contributed by atoms with van der Waals surface area (Å²) in [4.78, 5) is 24.3. The zero-order chi connectivity index (χ0) is 14.4. The number of Topliss-reactive ketones (excluding diaryl/α,β-unsaturated/α-hetero) is 1. The number of hydrogen-bond acceptors (Lipinski definition) is 4. The highest BCUT2D eigenvalue weighted by atomic mass is 16.6. The number of hydrogen-bond donors (Lipinski definition) is 0. The molecule has 1 aromatic rings. The van der Waals surface area contributed by atoms with Crippen LogP contribution in [0, 0.1) is 10.1 Å². The van der Waals surface area contributed by atoms with E-state index in [1.807, 2.05) is 6.92 Å². The average molecular weight is 264 g/mol. The Labute approximate surface area is 113 Å². The van der Waals surface area contributed by atoms with E-state index >= 15 is 0 Å². The fourth-order valence-corrected chi connectivity index (χ4v) is 1.88. The van der Waals surface area contributed by atoms with E-state index in [4.69, 9.17) is 0 Å². The van der Waals surface area contributed by atoms with Crippen LogP contribution in [0.25, 0.3) is 0 Å². The van der Waals surface area contributed by atoms with Crippen LogP contribution in [-0.4, -0.2) is 34.7 Å². The summed E-state index contributed by atoms with van der Waals surface area (Å²) >= 11 is 0. The molecule has 0 heterocycles. The Bertz CT molecular complexity index is 443. The monoisotopic (exact) mass is 264 g/mol. The van der Waals surface area contributed by atoms with Crippen molar-refractivity contribution in [2.24, 2.45) is 0 Å². The Morgan fingerprint density at radius 3 is 2.32 bits per heavy atom. The molecule has 0 aliphatic carbocycles. The Morgan fingerprint density at radius 2 is 1.89 bits per heavy atom. The summed E-state index contributed by atoms with van der Waals surface area (Å²) in [6.07, 6.45) is 0.987. The van der Waals surface area contributed by atoms with Gasteiger partial charge in [0.15, 0.2) is 5.78 Å². The van der Waals surface area contributed by atoms with Gasteiger partial charge in [-0.1, -0.05) is 13.8 Å². The first-order valence-electron chi connectivity index (χ1n) is 6.51. The van der Waals surface area contributed by atoms with Gasteiger partial charge in [-0.05, 0) is 32.0 Å². The summed E-state index contributed by atoms with van der Waals surface area (Å²) in [6.45, 7) is 7.36. The van der Waals surface area contributed by atoms with E-state index in [0.717, 1.165) is 13.0 Å². The molecule has 0 aliphatic rings. The van der Waals surface area contributed by atoms with E-state index in [9.17, 15) is 14.9 Å². The van der Waals surface area contributed by atoms with Gasteiger partial charge in [0.1, 0.15) is 0 Å². The molecule has 1 unspecified atom stereocenters. The van der Waals surface area contributed by atoms with Gasteiger partial charge in [0.2, 0.25) is 0 Å². The first-order chi connectivity index (χ1) is 8.99. The molecule has 1 atom stereocenters. The third kappa shape index (κ3) is 4.13. The minimum absolute atomic E-state index is 0.00273. The molecule has 104 valence electrons. The van der Waals surface area contributed by atoms with Crippen LogP contribution >= 0.6 is 0 Å². The number of nitro benzene ring substituents is 1. The van der Waals surface area contributed by atoms with Crippen molar-refractivity contribution >= 4 is 11.5 Å². The SMILES string of the molecule is CCC(C)N(CC)CC(=O)c1ccc([N+](=O)[O-])cc1. The second-order valence-electron chi connectivity index (χ2n) is 4.55. The third-order valence-corrected chi connectivity index (χ3v) is 3.37. The largest absolute Gasteiger partial charge is 0.293 e. The maximum atomic E-state index is 12.1. The van der Waals surface area contributed by atoms with Crippen molar-refractivity contribution in [2.45, 2.75) is 33.2 Å². The van der Waals surface area contributed by atoms with E-state index in [2.05, 4.69) is 18.7 Å². The van der Waals surface area contributed by atoms with Crippen molar-refractivity contribution < 1.29 is 9.72 Å². The zero-order valence-corrected chi connectivity index (χ0v) is 11.6. The summed E-state index contributed by atoms with van der Waals surface area (Å²) in [5.41, 5.74) is 0.526. The molecular formula is C14H20N2O3. The summed E-state index contributed by atoms with van der Waals surface area (Å²) in [7, 11) is 0. The van der Waals surface area contributed by atoms with Gasteiger partial charge < -0.3 is 0 Å². The molecule has 0 spiro atoms. The summed E-state index contributed by atoms with van der Waals surface area (Å²) in [5, 5.41) is 10.5. The number of nitro groups is 1. The molecule has 0 fully saturated rings. The third-order valence-electron chi connectivity index (χ3n) is 3.37. The fourth-order valence-electron chi connectivity index (χ4n) is 1.88. The van der Waals surface area contributed by atoms with E-state index in [1.54, 1.807) is 0 Å². The van der Waals surface area contributed by atoms with E-state index in [0.29, 0.717) is 18.2 Å². The van der Waals surface area contributed by atoms with E-state index in [1.165, 1.54) is 24.3 Å². The van der Waals surface area contributed by atoms with Crippen molar-refractivity contribution in [3.05, 3.63) is 39.9 Å². The Morgan fingerprint density at radius 1 is 1.32 bits per heavy atom. The van der Waals surface area contributed by atoms with Crippen LogP contribution in [0.3, 0.4) is 0 Å². The second kappa shape index (κ2) is 6.99. The number of carbonyl (C=O) groups is 1. The van der Waals surface area contributed by atoms with Crippen molar-refractivity contribution in [3.8, 4) is 0 Å². The molecule has 0 radical (unpaired) electrons. The quantitative estimate of drug-likeness (QED) is 0.431. The van der Waals surface area contributed by atoms with Crippen LogP contribution in [-0.2, 0) is 0 Å². The normalized spacial score (nSPS) is 12.4. The van der Waals surface area contributed by atoms with Crippen LogP contribution in [0.2, 0.25) is 0 Å². The number of benzene rings is 1. The van der Waals surface area contributed by atoms with Gasteiger partial charge in [0, 0.05) is 23.7 Å². The molecule has 0 amide bonds. The van der Waals surface area contributed by atoms with Crippen molar-refractivity contribution in [2.75, 3.05) is 13.1 Å². The summed E-state index contributed by atoms with van der Waals surface area (Å²) in [6, 6.07) is 6.13. The Balaban J connectivity index is 2.74. The minimum Gasteiger partial charge on any atom is -0.293 e. The van der Waals surface area contributed by atoms with E-state index < -0.39 is 4.92 Å². The molecule has 0 saturated heterocycles. The highest BCUT2D eigenvalue weighted by molar-refractivity contribution is 5.97. The molecule has 19 heavy (non-hydrogen) atoms. The Kier molecular flexibility index (Phi) is 5.63. The smallest absolute Gasteiger partial charge is 0.269 e. The standard InChI is InChI=1S/C14H20N2O3/c1-4-11(3)15(5-2)10-14(17)12-6-8-13(9-7-12)16(18)19/h6-9,11H,4-5,10H2,1-3H3. The van der Waals surface area contributed by atoms with Crippen molar-refractivity contribution in [3.63, 3.8) is 0 Å². The number of likely N-dealkylation sites (N-methyl/N-ethyl adjacent to an activating group) is 1. The fraction of sp³-hybridized carbons (Fsp3) is 0.500. The van der Waals surface area contributed by atoms with Gasteiger partial charge in [-0.25, -0.2) is 0 Å². The van der Waals surface area contributed by atoms with Crippen LogP contribution in [0.15, 0.2) is 24.3 Å². The first-order valence-corrected chi connectivity index (χ1v) is 6.51. The van der Waals surface area contributed by atoms with Gasteiger partial charge in [-0.2, -0.15) is 0 Å². The van der Waals surface area contributed by atoms with Gasteiger partial charge in [0.25, 0.3) is 5.69 Å². The molecule has 0 bridgehead atoms. The minimum atomic E-state index is -0.467. The number of nitrogens with zero attached hydrogens (tertiary/aromatic N) is 2. The van der Waals surface area contributed by atoms with Gasteiger partial charge in [-0.3, -0.25) is 19.8 Å². The molecule has 0 aromatic heterocycles. The van der Waals surface area contributed by atoms with E-state index in [-0.39, 0.29) is 11.5 Å². The molecule has 5 nitrogen and oxygen atoms in total. The lowest BCUT2D eigenvalue weighted by Crippen LogP contribution is -2.36. The number of ketones is 1. The lowest BCUT2D eigenvalue weighted by atomic mass is 10.1. The lowest BCUT2D eigenvalue weighted by Gasteiger charge is -2.26. The first kappa shape index (κ1) is 15.3.